The van der Waals surface area contributed by atoms with Crippen LogP contribution in [0.4, 0.5) is 16.0 Å². The van der Waals surface area contributed by atoms with Gasteiger partial charge < -0.3 is 20.5 Å². The molecule has 0 radical (unpaired) electrons. The molecule has 1 saturated heterocycles. The van der Waals surface area contributed by atoms with E-state index < -0.39 is 11.4 Å². The van der Waals surface area contributed by atoms with Crippen LogP contribution in [0.25, 0.3) is 16.6 Å². The first-order valence-electron chi connectivity index (χ1n) is 11.8. The summed E-state index contributed by atoms with van der Waals surface area (Å²) in [5, 5.41) is 20.0. The molecule has 186 valence electrons. The number of nitrogen functional groups attached to an aromatic ring is 1. The van der Waals surface area contributed by atoms with Gasteiger partial charge in [0, 0.05) is 30.0 Å². The van der Waals surface area contributed by atoms with E-state index in [9.17, 15) is 9.50 Å². The van der Waals surface area contributed by atoms with E-state index in [-0.39, 0.29) is 17.6 Å². The van der Waals surface area contributed by atoms with Crippen LogP contribution in [0.3, 0.4) is 0 Å². The first-order valence-corrected chi connectivity index (χ1v) is 11.8. The van der Waals surface area contributed by atoms with E-state index in [2.05, 4.69) is 27.0 Å². The number of hydrogen-bond donors (Lipinski definition) is 2. The molecular formula is C24H31FN8O2. The number of aliphatic hydroxyl groups is 1. The molecule has 10 nitrogen and oxygen atoms in total. The van der Waals surface area contributed by atoms with Gasteiger partial charge in [0.25, 0.3) is 0 Å². The molecule has 1 aliphatic rings. The average Bonchev–Trinajstić information content (AvgIpc) is 3.39. The van der Waals surface area contributed by atoms with E-state index in [1.54, 1.807) is 13.8 Å². The highest BCUT2D eigenvalue weighted by molar-refractivity contribution is 5.93. The van der Waals surface area contributed by atoms with Gasteiger partial charge in [-0.3, -0.25) is 4.68 Å². The number of piperidine rings is 1. The summed E-state index contributed by atoms with van der Waals surface area (Å²) in [5.41, 5.74) is 8.34. The largest absolute Gasteiger partial charge is 0.494 e. The second kappa shape index (κ2) is 8.33. The Bertz CT molecular complexity index is 1410. The normalized spacial score (nSPS) is 19.1. The molecule has 3 N–H and O–H groups in total. The lowest BCUT2D eigenvalue weighted by molar-refractivity contribution is 0.0571. The van der Waals surface area contributed by atoms with Crippen molar-refractivity contribution < 1.29 is 14.2 Å². The Morgan fingerprint density at radius 1 is 1.26 bits per heavy atom. The van der Waals surface area contributed by atoms with E-state index >= 15 is 0 Å². The minimum atomic E-state index is -0.856. The summed E-state index contributed by atoms with van der Waals surface area (Å²) >= 11 is 0. The number of nitrogens with two attached hydrogens (primary N) is 1. The monoisotopic (exact) mass is 482 g/mol. The molecule has 0 amide bonds. The van der Waals surface area contributed by atoms with Crippen molar-refractivity contribution in [2.75, 3.05) is 24.3 Å². The molecule has 0 aliphatic carbocycles. The smallest absolute Gasteiger partial charge is 0.223 e. The van der Waals surface area contributed by atoms with Crippen LogP contribution >= 0.6 is 0 Å². The topological polar surface area (TPSA) is 120 Å². The number of rotatable bonds is 5. The van der Waals surface area contributed by atoms with Gasteiger partial charge in [-0.05, 0) is 46.6 Å². The van der Waals surface area contributed by atoms with Crippen molar-refractivity contribution in [3.05, 3.63) is 35.7 Å². The lowest BCUT2D eigenvalue weighted by atomic mass is 9.92. The van der Waals surface area contributed by atoms with Crippen molar-refractivity contribution >= 4 is 28.2 Å². The van der Waals surface area contributed by atoms with Crippen LogP contribution in [0.5, 0.6) is 5.75 Å². The van der Waals surface area contributed by atoms with Crippen LogP contribution in [0, 0.1) is 12.7 Å². The number of hydrogen-bond acceptors (Lipinski definition) is 8. The molecular weight excluding hydrogens is 451 g/mol. The summed E-state index contributed by atoms with van der Waals surface area (Å²) in [6.45, 7) is 8.89. The van der Waals surface area contributed by atoms with Crippen LogP contribution < -0.4 is 15.4 Å². The highest BCUT2D eigenvalue weighted by Crippen LogP contribution is 2.35. The summed E-state index contributed by atoms with van der Waals surface area (Å²) in [7, 11) is 1.41. The minimum absolute atomic E-state index is 0.0562. The molecule has 35 heavy (non-hydrogen) atoms. The van der Waals surface area contributed by atoms with E-state index in [0.717, 1.165) is 24.2 Å². The quantitative estimate of drug-likeness (QED) is 0.445. The zero-order valence-corrected chi connectivity index (χ0v) is 20.7. The molecule has 0 unspecified atom stereocenters. The summed E-state index contributed by atoms with van der Waals surface area (Å²) in [6, 6.07) is 3.20. The highest BCUT2D eigenvalue weighted by atomic mass is 19.1. The van der Waals surface area contributed by atoms with Crippen molar-refractivity contribution in [2.24, 2.45) is 0 Å². The molecule has 0 bridgehead atoms. The van der Waals surface area contributed by atoms with Crippen molar-refractivity contribution in [2.45, 2.75) is 64.6 Å². The SMILES string of the molecule is COc1cc2nc(N)n3nc([C@H]4CC[C@@H](C)N(c5cnn(CC(C)(C)O)c5C)C4)nc3c2cc1F. The summed E-state index contributed by atoms with van der Waals surface area (Å²) < 4.78 is 22.9. The number of ether oxygens (including phenoxy) is 1. The summed E-state index contributed by atoms with van der Waals surface area (Å²) in [6.07, 6.45) is 3.73. The molecule has 2 atom stereocenters. The van der Waals surface area contributed by atoms with Crippen LogP contribution in [-0.2, 0) is 6.54 Å². The van der Waals surface area contributed by atoms with Crippen molar-refractivity contribution in [3.63, 3.8) is 0 Å². The number of methoxy groups -OCH3 is 1. The Hall–Kier alpha value is -3.47. The van der Waals surface area contributed by atoms with Gasteiger partial charge in [-0.25, -0.2) is 14.4 Å². The Morgan fingerprint density at radius 3 is 2.74 bits per heavy atom. The van der Waals surface area contributed by atoms with Gasteiger partial charge in [0.15, 0.2) is 23.0 Å². The van der Waals surface area contributed by atoms with E-state index in [0.29, 0.717) is 41.5 Å². The third-order valence-electron chi connectivity index (χ3n) is 6.76. The molecule has 4 heterocycles. The van der Waals surface area contributed by atoms with Crippen molar-refractivity contribution in [1.82, 2.24) is 29.4 Å². The predicted octanol–water partition coefficient (Wildman–Crippen LogP) is 3.06. The fraction of sp³-hybridized carbons (Fsp3) is 0.500. The third kappa shape index (κ3) is 4.13. The van der Waals surface area contributed by atoms with Gasteiger partial charge in [0.05, 0.1) is 42.4 Å². The van der Waals surface area contributed by atoms with E-state index in [4.69, 9.17) is 15.5 Å². The number of nitrogens with zero attached hydrogens (tertiary/aromatic N) is 7. The van der Waals surface area contributed by atoms with Crippen LogP contribution in [-0.4, -0.2) is 59.8 Å². The lowest BCUT2D eigenvalue weighted by Crippen LogP contribution is -2.41. The summed E-state index contributed by atoms with van der Waals surface area (Å²) in [5.74, 6) is 0.506. The maximum absolute atomic E-state index is 14.5. The zero-order chi connectivity index (χ0) is 25.1. The molecule has 4 aromatic rings. The molecule has 1 aromatic carbocycles. The van der Waals surface area contributed by atoms with Gasteiger partial charge in [0.1, 0.15) is 0 Å². The summed E-state index contributed by atoms with van der Waals surface area (Å²) in [4.78, 5) is 11.5. The Kier molecular flexibility index (Phi) is 5.54. The zero-order valence-electron chi connectivity index (χ0n) is 20.7. The lowest BCUT2D eigenvalue weighted by Gasteiger charge is -2.38. The average molecular weight is 483 g/mol. The van der Waals surface area contributed by atoms with Crippen LogP contribution in [0.2, 0.25) is 0 Å². The fourth-order valence-corrected chi connectivity index (χ4v) is 4.87. The standard InChI is InChI=1S/C24H31FN8O2/c1-13-6-7-15(11-31(13)19-10-27-32(14(19)2)12-24(3,4)34)21-29-22-16-8-17(25)20(35-5)9-18(16)28-23(26)33(22)30-21/h8-10,13,15,34H,6-7,11-12H2,1-5H3,(H2,26,28)/t13-,15+/m1/s1. The predicted molar refractivity (Wildman–Crippen MR) is 131 cm³/mol. The number of halogens is 1. The Labute approximate surface area is 202 Å². The number of benzene rings is 1. The van der Waals surface area contributed by atoms with Crippen molar-refractivity contribution in [1.29, 1.82) is 0 Å². The van der Waals surface area contributed by atoms with Gasteiger partial charge in [0.2, 0.25) is 5.95 Å². The van der Waals surface area contributed by atoms with E-state index in [1.165, 1.54) is 23.8 Å². The molecule has 1 aliphatic heterocycles. The van der Waals surface area contributed by atoms with Gasteiger partial charge in [-0.15, -0.1) is 5.10 Å². The van der Waals surface area contributed by atoms with Gasteiger partial charge in [-0.2, -0.15) is 9.61 Å². The van der Waals surface area contributed by atoms with Gasteiger partial charge in [-0.1, -0.05) is 0 Å². The maximum atomic E-state index is 14.5. The Balaban J connectivity index is 1.50. The Morgan fingerprint density at radius 2 is 2.03 bits per heavy atom. The number of aromatic nitrogens is 6. The van der Waals surface area contributed by atoms with Crippen LogP contribution in [0.15, 0.2) is 18.3 Å². The third-order valence-corrected chi connectivity index (χ3v) is 6.76. The second-order valence-electron chi connectivity index (χ2n) is 10.0. The molecule has 11 heteroatoms. The second-order valence-corrected chi connectivity index (χ2v) is 10.0. The highest BCUT2D eigenvalue weighted by Gasteiger charge is 2.32. The number of fused-ring (bicyclic) bond motifs is 3. The molecule has 1 fully saturated rings. The number of anilines is 2. The molecule has 5 rings (SSSR count). The molecule has 3 aromatic heterocycles. The van der Waals surface area contributed by atoms with Crippen LogP contribution in [0.1, 0.15) is 51.0 Å². The van der Waals surface area contributed by atoms with E-state index in [1.807, 2.05) is 17.8 Å². The molecule has 0 spiro atoms. The first-order chi connectivity index (χ1) is 16.6. The molecule has 0 saturated carbocycles. The fourth-order valence-electron chi connectivity index (χ4n) is 4.87. The first kappa shape index (κ1) is 23.3. The van der Waals surface area contributed by atoms with Crippen molar-refractivity contribution in [3.8, 4) is 5.75 Å². The van der Waals surface area contributed by atoms with Gasteiger partial charge >= 0.3 is 0 Å². The minimum Gasteiger partial charge on any atom is -0.494 e. The maximum Gasteiger partial charge on any atom is 0.223 e.